The number of carbonyl (C=O) groups is 1. The van der Waals surface area contributed by atoms with Gasteiger partial charge in [-0.2, -0.15) is 0 Å². The number of aromatic nitrogens is 1. The molecular formula is C17H20N2O3. The average Bonchev–Trinajstić information content (AvgIpc) is 2.58. The molecule has 22 heavy (non-hydrogen) atoms. The molecule has 0 spiro atoms. The Labute approximate surface area is 130 Å². The van der Waals surface area contributed by atoms with Gasteiger partial charge in [0.05, 0.1) is 7.11 Å². The molecule has 2 aromatic rings. The number of amides is 1. The van der Waals surface area contributed by atoms with Gasteiger partial charge >= 0.3 is 0 Å². The summed E-state index contributed by atoms with van der Waals surface area (Å²) in [5, 5.41) is 0. The molecule has 1 aromatic carbocycles. The van der Waals surface area contributed by atoms with E-state index in [0.29, 0.717) is 18.0 Å². The van der Waals surface area contributed by atoms with Crippen LogP contribution in [0.15, 0.2) is 48.7 Å². The van der Waals surface area contributed by atoms with Crippen LogP contribution in [0.1, 0.15) is 5.69 Å². The second-order valence-corrected chi connectivity index (χ2v) is 4.83. The topological polar surface area (TPSA) is 51.7 Å². The maximum Gasteiger partial charge on any atom is 0.260 e. The zero-order valence-electron chi connectivity index (χ0n) is 12.9. The molecule has 0 aliphatic heterocycles. The zero-order valence-corrected chi connectivity index (χ0v) is 12.9. The number of para-hydroxylation sites is 2. The number of nitrogens with zero attached hydrogens (tertiary/aromatic N) is 2. The zero-order chi connectivity index (χ0) is 15.8. The van der Waals surface area contributed by atoms with E-state index in [4.69, 9.17) is 9.47 Å². The van der Waals surface area contributed by atoms with Crippen molar-refractivity contribution in [1.29, 1.82) is 0 Å². The number of pyridine rings is 1. The van der Waals surface area contributed by atoms with Crippen LogP contribution < -0.4 is 9.47 Å². The maximum atomic E-state index is 12.1. The van der Waals surface area contributed by atoms with Crippen molar-refractivity contribution in [2.45, 2.75) is 6.42 Å². The summed E-state index contributed by atoms with van der Waals surface area (Å²) >= 11 is 0. The van der Waals surface area contributed by atoms with Crippen LogP contribution in [0.25, 0.3) is 0 Å². The highest BCUT2D eigenvalue weighted by Crippen LogP contribution is 2.25. The second-order valence-electron chi connectivity index (χ2n) is 4.83. The molecular weight excluding hydrogens is 280 g/mol. The molecule has 0 radical (unpaired) electrons. The third-order valence-electron chi connectivity index (χ3n) is 3.28. The Morgan fingerprint density at radius 2 is 1.86 bits per heavy atom. The van der Waals surface area contributed by atoms with E-state index in [-0.39, 0.29) is 12.5 Å². The summed E-state index contributed by atoms with van der Waals surface area (Å²) in [6.07, 6.45) is 2.47. The summed E-state index contributed by atoms with van der Waals surface area (Å²) in [4.78, 5) is 18.0. The van der Waals surface area contributed by atoms with E-state index in [1.807, 2.05) is 30.3 Å². The number of rotatable bonds is 7. The second kappa shape index (κ2) is 8.02. The lowest BCUT2D eigenvalue weighted by Crippen LogP contribution is -2.33. The molecule has 116 valence electrons. The molecule has 5 heteroatoms. The molecule has 1 amide bonds. The predicted octanol–water partition coefficient (Wildman–Crippen LogP) is 2.17. The third kappa shape index (κ3) is 4.48. The molecule has 0 fully saturated rings. The monoisotopic (exact) mass is 300 g/mol. The molecule has 0 bridgehead atoms. The fourth-order valence-electron chi connectivity index (χ4n) is 1.94. The van der Waals surface area contributed by atoms with Crippen molar-refractivity contribution in [2.75, 3.05) is 27.3 Å². The Bertz CT molecular complexity index is 602. The van der Waals surface area contributed by atoms with Crippen LogP contribution in [0.3, 0.4) is 0 Å². The highest BCUT2D eigenvalue weighted by atomic mass is 16.5. The van der Waals surface area contributed by atoms with Crippen molar-refractivity contribution in [3.8, 4) is 11.5 Å². The van der Waals surface area contributed by atoms with Gasteiger partial charge in [0.1, 0.15) is 0 Å². The summed E-state index contributed by atoms with van der Waals surface area (Å²) in [5.41, 5.74) is 0.966. The number of methoxy groups -OCH3 is 1. The first-order valence-electron chi connectivity index (χ1n) is 7.10. The number of benzene rings is 1. The van der Waals surface area contributed by atoms with Gasteiger partial charge in [0, 0.05) is 31.9 Å². The van der Waals surface area contributed by atoms with E-state index in [9.17, 15) is 4.79 Å². The lowest BCUT2D eigenvalue weighted by molar-refractivity contribution is -0.132. The van der Waals surface area contributed by atoms with Crippen LogP contribution in [0.5, 0.6) is 11.5 Å². The van der Waals surface area contributed by atoms with E-state index in [1.54, 1.807) is 37.4 Å². The smallest absolute Gasteiger partial charge is 0.260 e. The highest BCUT2D eigenvalue weighted by Gasteiger charge is 2.11. The van der Waals surface area contributed by atoms with E-state index >= 15 is 0 Å². The quantitative estimate of drug-likeness (QED) is 0.786. The van der Waals surface area contributed by atoms with Crippen molar-refractivity contribution in [3.05, 3.63) is 54.4 Å². The van der Waals surface area contributed by atoms with Crippen LogP contribution in [0.4, 0.5) is 0 Å². The summed E-state index contributed by atoms with van der Waals surface area (Å²) in [7, 11) is 3.33. The van der Waals surface area contributed by atoms with Gasteiger partial charge in [-0.1, -0.05) is 18.2 Å². The van der Waals surface area contributed by atoms with E-state index in [0.717, 1.165) is 12.1 Å². The Morgan fingerprint density at radius 3 is 2.55 bits per heavy atom. The van der Waals surface area contributed by atoms with E-state index in [1.165, 1.54) is 0 Å². The van der Waals surface area contributed by atoms with Gasteiger partial charge in [-0.3, -0.25) is 9.78 Å². The maximum absolute atomic E-state index is 12.1. The first-order valence-corrected chi connectivity index (χ1v) is 7.10. The van der Waals surface area contributed by atoms with E-state index < -0.39 is 0 Å². The highest BCUT2D eigenvalue weighted by molar-refractivity contribution is 5.77. The molecule has 1 aromatic heterocycles. The van der Waals surface area contributed by atoms with Crippen LogP contribution in [-0.2, 0) is 11.2 Å². The van der Waals surface area contributed by atoms with Gasteiger partial charge in [0.15, 0.2) is 18.1 Å². The van der Waals surface area contributed by atoms with Crippen molar-refractivity contribution in [3.63, 3.8) is 0 Å². The summed E-state index contributed by atoms with van der Waals surface area (Å²) < 4.78 is 10.7. The largest absolute Gasteiger partial charge is 0.493 e. The van der Waals surface area contributed by atoms with Gasteiger partial charge < -0.3 is 14.4 Å². The summed E-state index contributed by atoms with van der Waals surface area (Å²) in [5.74, 6) is 1.10. The summed E-state index contributed by atoms with van der Waals surface area (Å²) in [6.45, 7) is 0.588. The normalized spacial score (nSPS) is 10.1. The fourth-order valence-corrected chi connectivity index (χ4v) is 1.94. The molecule has 0 saturated carbocycles. The van der Waals surface area contributed by atoms with Crippen molar-refractivity contribution >= 4 is 5.91 Å². The number of hydrogen-bond acceptors (Lipinski definition) is 4. The Hall–Kier alpha value is -2.56. The van der Waals surface area contributed by atoms with Crippen molar-refractivity contribution in [1.82, 2.24) is 9.88 Å². The third-order valence-corrected chi connectivity index (χ3v) is 3.28. The lowest BCUT2D eigenvalue weighted by Gasteiger charge is -2.17. The number of hydrogen-bond donors (Lipinski definition) is 0. The Balaban J connectivity index is 1.81. The molecule has 1 heterocycles. The van der Waals surface area contributed by atoms with Gasteiger partial charge in [-0.05, 0) is 24.3 Å². The molecule has 2 rings (SSSR count). The number of likely N-dealkylation sites (N-methyl/N-ethyl adjacent to an activating group) is 1. The van der Waals surface area contributed by atoms with Crippen LogP contribution in [0.2, 0.25) is 0 Å². The van der Waals surface area contributed by atoms with Crippen molar-refractivity contribution < 1.29 is 14.3 Å². The summed E-state index contributed by atoms with van der Waals surface area (Å²) in [6, 6.07) is 13.0. The van der Waals surface area contributed by atoms with Gasteiger partial charge in [0.25, 0.3) is 5.91 Å². The molecule has 0 aliphatic rings. The number of carbonyl (C=O) groups excluding carboxylic acids is 1. The molecule has 0 unspecified atom stereocenters. The minimum absolute atomic E-state index is 0.0148. The molecule has 5 nitrogen and oxygen atoms in total. The van der Waals surface area contributed by atoms with Gasteiger partial charge in [-0.25, -0.2) is 0 Å². The number of ether oxygens (including phenoxy) is 2. The first kappa shape index (κ1) is 15.8. The minimum atomic E-state index is -0.0816. The Morgan fingerprint density at radius 1 is 1.14 bits per heavy atom. The van der Waals surface area contributed by atoms with Crippen molar-refractivity contribution in [2.24, 2.45) is 0 Å². The molecule has 0 atom stereocenters. The van der Waals surface area contributed by atoms with E-state index in [2.05, 4.69) is 4.98 Å². The molecule has 0 aliphatic carbocycles. The van der Waals surface area contributed by atoms with Gasteiger partial charge in [0.2, 0.25) is 0 Å². The van der Waals surface area contributed by atoms with Crippen LogP contribution in [-0.4, -0.2) is 43.1 Å². The van der Waals surface area contributed by atoms with Gasteiger partial charge in [-0.15, -0.1) is 0 Å². The lowest BCUT2D eigenvalue weighted by atomic mass is 10.2. The average molecular weight is 300 g/mol. The SMILES string of the molecule is COc1ccccc1OCC(=O)N(C)CCc1ccccn1. The molecule has 0 N–H and O–H groups in total. The predicted molar refractivity (Wildman–Crippen MR) is 84.1 cm³/mol. The first-order chi connectivity index (χ1) is 10.7. The van der Waals surface area contributed by atoms with Crippen LogP contribution in [0, 0.1) is 0 Å². The Kier molecular flexibility index (Phi) is 5.77. The molecule has 0 saturated heterocycles. The fraction of sp³-hybridized carbons (Fsp3) is 0.294. The van der Waals surface area contributed by atoms with Crippen LogP contribution >= 0.6 is 0 Å². The standard InChI is InChI=1S/C17H20N2O3/c1-19(12-10-14-7-5-6-11-18-14)17(20)13-22-16-9-4-3-8-15(16)21-2/h3-9,11H,10,12-13H2,1-2H3. The minimum Gasteiger partial charge on any atom is -0.493 e.